The van der Waals surface area contributed by atoms with Crippen molar-refractivity contribution in [2.45, 2.75) is 4.90 Å². The minimum absolute atomic E-state index is 0.131. The van der Waals surface area contributed by atoms with E-state index in [9.17, 15) is 13.2 Å². The van der Waals surface area contributed by atoms with Crippen LogP contribution in [0.2, 0.25) is 0 Å². The van der Waals surface area contributed by atoms with Crippen LogP contribution in [0, 0.1) is 0 Å². The van der Waals surface area contributed by atoms with Crippen LogP contribution in [0.25, 0.3) is 21.7 Å². The number of carbonyl (C=O) groups excluding carboxylic acids is 1. The molecule has 0 aliphatic rings. The molecule has 4 rings (SSSR count). The summed E-state index contributed by atoms with van der Waals surface area (Å²) in [5, 5.41) is 3.32. The molecular weight excluding hydrogens is 442 g/mol. The molecule has 0 spiro atoms. The number of nitrogens with one attached hydrogen (secondary N) is 1. The van der Waals surface area contributed by atoms with Crippen LogP contribution < -0.4 is 5.32 Å². The maximum absolute atomic E-state index is 12.8. The van der Waals surface area contributed by atoms with Gasteiger partial charge in [0.25, 0.3) is 5.91 Å². The molecule has 162 valence electrons. The standard InChI is InChI=1S/C24H21N3O3S2/c1-27(2)32(29,30)20-15-13-19(14-16-20)23(28)26-24-25-21(17-9-5-3-6-10-17)22(31-24)18-11-7-4-8-12-18/h3-16H,1-2H3,(H,25,26,28). The lowest BCUT2D eigenvalue weighted by atomic mass is 10.1. The Balaban J connectivity index is 1.64. The summed E-state index contributed by atoms with van der Waals surface area (Å²) >= 11 is 1.40. The van der Waals surface area contributed by atoms with Crippen molar-refractivity contribution in [3.63, 3.8) is 0 Å². The van der Waals surface area contributed by atoms with E-state index in [4.69, 9.17) is 0 Å². The van der Waals surface area contributed by atoms with Gasteiger partial charge in [-0.25, -0.2) is 17.7 Å². The van der Waals surface area contributed by atoms with Crippen LogP contribution in [0.4, 0.5) is 5.13 Å². The highest BCUT2D eigenvalue weighted by Gasteiger charge is 2.19. The predicted octanol–water partition coefficient (Wildman–Crippen LogP) is 4.98. The maximum atomic E-state index is 12.8. The fourth-order valence-corrected chi connectivity index (χ4v) is 5.00. The second-order valence-corrected chi connectivity index (χ2v) is 10.3. The zero-order valence-electron chi connectivity index (χ0n) is 17.5. The summed E-state index contributed by atoms with van der Waals surface area (Å²) in [6, 6.07) is 25.6. The molecule has 0 radical (unpaired) electrons. The number of nitrogens with zero attached hydrogens (tertiary/aromatic N) is 2. The third-order valence-electron chi connectivity index (χ3n) is 4.83. The van der Waals surface area contributed by atoms with Gasteiger partial charge >= 0.3 is 0 Å². The molecule has 0 unspecified atom stereocenters. The smallest absolute Gasteiger partial charge is 0.257 e. The van der Waals surface area contributed by atoms with Crippen LogP contribution in [0.5, 0.6) is 0 Å². The van der Waals surface area contributed by atoms with Gasteiger partial charge in [0, 0.05) is 25.2 Å². The van der Waals surface area contributed by atoms with Crippen molar-refractivity contribution in [1.82, 2.24) is 9.29 Å². The SMILES string of the molecule is CN(C)S(=O)(=O)c1ccc(C(=O)Nc2nc(-c3ccccc3)c(-c3ccccc3)s2)cc1. The molecule has 0 saturated carbocycles. The highest BCUT2D eigenvalue weighted by Crippen LogP contribution is 2.39. The minimum atomic E-state index is -3.55. The molecule has 0 fully saturated rings. The molecular formula is C24H21N3O3S2. The molecule has 0 saturated heterocycles. The Bertz CT molecular complexity index is 1280. The third kappa shape index (κ3) is 4.47. The molecule has 0 aliphatic heterocycles. The van der Waals surface area contributed by atoms with E-state index in [0.717, 1.165) is 26.0 Å². The Hall–Kier alpha value is -3.33. The molecule has 0 aliphatic carbocycles. The van der Waals surface area contributed by atoms with Gasteiger partial charge in [0.05, 0.1) is 15.5 Å². The first kappa shape index (κ1) is 21.9. The van der Waals surface area contributed by atoms with E-state index in [1.807, 2.05) is 60.7 Å². The fraction of sp³-hybridized carbons (Fsp3) is 0.0833. The first-order chi connectivity index (χ1) is 15.4. The molecule has 3 aromatic carbocycles. The highest BCUT2D eigenvalue weighted by atomic mass is 32.2. The van der Waals surface area contributed by atoms with Crippen LogP contribution in [-0.4, -0.2) is 37.7 Å². The van der Waals surface area contributed by atoms with Gasteiger partial charge in [-0.15, -0.1) is 0 Å². The number of rotatable bonds is 6. The quantitative estimate of drug-likeness (QED) is 0.437. The zero-order chi connectivity index (χ0) is 22.7. The van der Waals surface area contributed by atoms with Gasteiger partial charge in [-0.05, 0) is 29.8 Å². The summed E-state index contributed by atoms with van der Waals surface area (Å²) in [5.41, 5.74) is 3.12. The summed E-state index contributed by atoms with van der Waals surface area (Å²) in [7, 11) is -0.620. The maximum Gasteiger partial charge on any atom is 0.257 e. The van der Waals surface area contributed by atoms with Crippen LogP contribution in [-0.2, 0) is 10.0 Å². The monoisotopic (exact) mass is 463 g/mol. The first-order valence-corrected chi connectivity index (χ1v) is 12.1. The third-order valence-corrected chi connectivity index (χ3v) is 7.68. The van der Waals surface area contributed by atoms with Crippen molar-refractivity contribution in [3.8, 4) is 21.7 Å². The number of carbonyl (C=O) groups is 1. The molecule has 1 amide bonds. The summed E-state index contributed by atoms with van der Waals surface area (Å²) in [4.78, 5) is 18.6. The van der Waals surface area contributed by atoms with Crippen LogP contribution in [0.1, 0.15) is 10.4 Å². The normalized spacial score (nSPS) is 11.5. The summed E-state index contributed by atoms with van der Waals surface area (Å²) in [5.74, 6) is -0.355. The van der Waals surface area contributed by atoms with Gasteiger partial charge in [0.15, 0.2) is 5.13 Å². The van der Waals surface area contributed by atoms with Gasteiger partial charge in [0.1, 0.15) is 0 Å². The van der Waals surface area contributed by atoms with Crippen molar-refractivity contribution in [3.05, 3.63) is 90.5 Å². The Kier molecular flexibility index (Phi) is 6.18. The minimum Gasteiger partial charge on any atom is -0.298 e. The van der Waals surface area contributed by atoms with E-state index in [1.165, 1.54) is 49.7 Å². The summed E-state index contributed by atoms with van der Waals surface area (Å²) in [6.45, 7) is 0. The van der Waals surface area contributed by atoms with Gasteiger partial charge in [-0.3, -0.25) is 10.1 Å². The zero-order valence-corrected chi connectivity index (χ0v) is 19.2. The van der Waals surface area contributed by atoms with Crippen LogP contribution in [0.15, 0.2) is 89.8 Å². The fourth-order valence-electron chi connectivity index (χ4n) is 3.11. The highest BCUT2D eigenvalue weighted by molar-refractivity contribution is 7.89. The van der Waals surface area contributed by atoms with Crippen LogP contribution >= 0.6 is 11.3 Å². The molecule has 4 aromatic rings. The second kappa shape index (κ2) is 9.04. The van der Waals surface area contributed by atoms with Gasteiger partial charge in [0.2, 0.25) is 10.0 Å². The van der Waals surface area contributed by atoms with E-state index in [-0.39, 0.29) is 10.8 Å². The second-order valence-electron chi connectivity index (χ2n) is 7.19. The average molecular weight is 464 g/mol. The lowest BCUT2D eigenvalue weighted by Gasteiger charge is -2.11. The number of sulfonamides is 1. The molecule has 1 N–H and O–H groups in total. The van der Waals surface area contributed by atoms with Crippen molar-refractivity contribution >= 4 is 32.4 Å². The van der Waals surface area contributed by atoms with Crippen molar-refractivity contribution in [2.24, 2.45) is 0 Å². The molecule has 0 bridgehead atoms. The Morgan fingerprint density at radius 2 is 1.41 bits per heavy atom. The lowest BCUT2D eigenvalue weighted by Crippen LogP contribution is -2.22. The lowest BCUT2D eigenvalue weighted by molar-refractivity contribution is 0.102. The van der Waals surface area contributed by atoms with E-state index in [1.54, 1.807) is 0 Å². The van der Waals surface area contributed by atoms with E-state index in [0.29, 0.717) is 10.7 Å². The Morgan fingerprint density at radius 3 is 1.97 bits per heavy atom. The van der Waals surface area contributed by atoms with E-state index < -0.39 is 10.0 Å². The molecule has 32 heavy (non-hydrogen) atoms. The van der Waals surface area contributed by atoms with E-state index in [2.05, 4.69) is 10.3 Å². The number of amides is 1. The average Bonchev–Trinajstić information content (AvgIpc) is 3.24. The molecule has 0 atom stereocenters. The molecule has 1 aromatic heterocycles. The topological polar surface area (TPSA) is 79.4 Å². The predicted molar refractivity (Wildman–Crippen MR) is 128 cm³/mol. The van der Waals surface area contributed by atoms with Crippen molar-refractivity contribution < 1.29 is 13.2 Å². The number of hydrogen-bond donors (Lipinski definition) is 1. The van der Waals surface area contributed by atoms with Crippen molar-refractivity contribution in [1.29, 1.82) is 0 Å². The first-order valence-electron chi connectivity index (χ1n) is 9.82. The molecule has 1 heterocycles. The Morgan fingerprint density at radius 1 is 0.844 bits per heavy atom. The summed E-state index contributed by atoms with van der Waals surface area (Å²) < 4.78 is 25.6. The van der Waals surface area contributed by atoms with Gasteiger partial charge in [-0.1, -0.05) is 72.0 Å². The number of hydrogen-bond acceptors (Lipinski definition) is 5. The summed E-state index contributed by atoms with van der Waals surface area (Å²) in [6.07, 6.45) is 0. The molecule has 8 heteroatoms. The van der Waals surface area contributed by atoms with Crippen LogP contribution in [0.3, 0.4) is 0 Å². The number of benzene rings is 3. The Labute approximate surface area is 191 Å². The van der Waals surface area contributed by atoms with Gasteiger partial charge in [-0.2, -0.15) is 0 Å². The number of aromatic nitrogens is 1. The van der Waals surface area contributed by atoms with Crippen molar-refractivity contribution in [2.75, 3.05) is 19.4 Å². The van der Waals surface area contributed by atoms with Gasteiger partial charge < -0.3 is 0 Å². The largest absolute Gasteiger partial charge is 0.298 e. The van der Waals surface area contributed by atoms with E-state index >= 15 is 0 Å². The molecule has 6 nitrogen and oxygen atoms in total. The number of anilines is 1. The number of thiazole rings is 1.